The van der Waals surface area contributed by atoms with Crippen LogP contribution in [0.1, 0.15) is 15.9 Å². The minimum Gasteiger partial charge on any atom is -0.398 e. The SMILES string of the molecule is NCCNC(=O)c1cc(Cl)cc(-c2ccc(S(=O)(=O)NCCN)c(S(N)(=O)=O)c2C2=NCN=N2)c1N. The van der Waals surface area contributed by atoms with E-state index in [1.165, 1.54) is 18.2 Å². The van der Waals surface area contributed by atoms with Crippen LogP contribution in [0.4, 0.5) is 5.69 Å². The molecule has 36 heavy (non-hydrogen) atoms. The molecule has 3 rings (SSSR count). The third-order valence-corrected chi connectivity index (χ3v) is 7.76. The van der Waals surface area contributed by atoms with E-state index in [0.29, 0.717) is 0 Å². The van der Waals surface area contributed by atoms with E-state index in [1.54, 1.807) is 0 Å². The first-order valence-electron chi connectivity index (χ1n) is 10.3. The van der Waals surface area contributed by atoms with Crippen molar-refractivity contribution in [2.75, 3.05) is 38.6 Å². The molecule has 0 saturated carbocycles. The summed E-state index contributed by atoms with van der Waals surface area (Å²) in [6, 6.07) is 5.05. The Labute approximate surface area is 212 Å². The van der Waals surface area contributed by atoms with E-state index in [4.69, 9.17) is 33.9 Å². The number of carbonyl (C=O) groups is 1. The van der Waals surface area contributed by atoms with Crippen LogP contribution >= 0.6 is 11.6 Å². The highest BCUT2D eigenvalue weighted by molar-refractivity contribution is 7.92. The van der Waals surface area contributed by atoms with Crippen LogP contribution in [0.5, 0.6) is 0 Å². The van der Waals surface area contributed by atoms with Gasteiger partial charge in [-0.25, -0.2) is 31.7 Å². The number of nitrogens with two attached hydrogens (primary N) is 4. The van der Waals surface area contributed by atoms with Crippen molar-refractivity contribution < 1.29 is 21.6 Å². The lowest BCUT2D eigenvalue weighted by Gasteiger charge is -2.19. The first-order valence-corrected chi connectivity index (χ1v) is 13.7. The Morgan fingerprint density at radius 1 is 1.06 bits per heavy atom. The number of hydrogen-bond acceptors (Lipinski definition) is 11. The summed E-state index contributed by atoms with van der Waals surface area (Å²) in [7, 11) is -9.09. The molecule has 17 heteroatoms. The minimum absolute atomic E-state index is 0.00893. The molecule has 0 unspecified atom stereocenters. The lowest BCUT2D eigenvalue weighted by Crippen LogP contribution is -2.31. The van der Waals surface area contributed by atoms with Gasteiger partial charge in [-0.2, -0.15) is 5.11 Å². The molecular weight excluding hydrogens is 534 g/mol. The highest BCUT2D eigenvalue weighted by atomic mass is 35.5. The Bertz CT molecular complexity index is 1470. The van der Waals surface area contributed by atoms with Gasteiger partial charge >= 0.3 is 0 Å². The zero-order valence-corrected chi connectivity index (χ0v) is 21.1. The van der Waals surface area contributed by atoms with Gasteiger partial charge in [-0.3, -0.25) is 4.79 Å². The van der Waals surface area contributed by atoms with Crippen LogP contribution in [0.3, 0.4) is 0 Å². The van der Waals surface area contributed by atoms with E-state index in [0.717, 1.165) is 6.07 Å². The number of primary sulfonamides is 1. The van der Waals surface area contributed by atoms with E-state index < -0.39 is 35.7 Å². The predicted octanol–water partition coefficient (Wildman–Crippen LogP) is -0.668. The summed E-state index contributed by atoms with van der Waals surface area (Å²) in [4.78, 5) is 15.3. The van der Waals surface area contributed by atoms with Crippen LogP contribution in [0.2, 0.25) is 5.02 Å². The van der Waals surface area contributed by atoms with Crippen molar-refractivity contribution in [1.29, 1.82) is 0 Å². The number of aliphatic imine (C=N–C) groups is 1. The van der Waals surface area contributed by atoms with Crippen molar-refractivity contribution in [3.05, 3.63) is 40.4 Å². The monoisotopic (exact) mass is 557 g/mol. The minimum atomic E-state index is -4.70. The van der Waals surface area contributed by atoms with Gasteiger partial charge in [0.1, 0.15) is 9.79 Å². The number of nitrogens with zero attached hydrogens (tertiary/aromatic N) is 3. The number of nitrogens with one attached hydrogen (secondary N) is 2. The van der Waals surface area contributed by atoms with Crippen LogP contribution in [0.15, 0.2) is 49.3 Å². The highest BCUT2D eigenvalue weighted by Crippen LogP contribution is 2.39. The molecule has 0 saturated heterocycles. The second kappa shape index (κ2) is 11.0. The van der Waals surface area contributed by atoms with E-state index in [1.807, 2.05) is 0 Å². The number of amidine groups is 1. The Hall–Kier alpha value is -2.99. The molecule has 1 aliphatic heterocycles. The fraction of sp³-hybridized carbons (Fsp3) is 0.263. The largest absolute Gasteiger partial charge is 0.398 e. The highest BCUT2D eigenvalue weighted by Gasteiger charge is 2.33. The van der Waals surface area contributed by atoms with Crippen molar-refractivity contribution in [1.82, 2.24) is 10.0 Å². The second-order valence-corrected chi connectivity index (χ2v) is 11.0. The number of amides is 1. The average Bonchev–Trinajstić information content (AvgIpc) is 3.35. The number of halogens is 1. The van der Waals surface area contributed by atoms with Gasteiger partial charge in [-0.05, 0) is 23.8 Å². The maximum absolute atomic E-state index is 12.9. The number of rotatable bonds is 10. The number of carbonyl (C=O) groups excluding carboxylic acids is 1. The molecule has 2 aromatic rings. The molecule has 0 aromatic heterocycles. The van der Waals surface area contributed by atoms with Gasteiger partial charge in [0.05, 0.1) is 16.8 Å². The zero-order valence-electron chi connectivity index (χ0n) is 18.7. The molecule has 2 aromatic carbocycles. The van der Waals surface area contributed by atoms with Gasteiger partial charge in [0.25, 0.3) is 5.91 Å². The Morgan fingerprint density at radius 2 is 1.75 bits per heavy atom. The van der Waals surface area contributed by atoms with Crippen LogP contribution in [-0.2, 0) is 20.0 Å². The third kappa shape index (κ3) is 5.70. The molecule has 1 heterocycles. The van der Waals surface area contributed by atoms with E-state index in [2.05, 4.69) is 25.3 Å². The smallest absolute Gasteiger partial charge is 0.253 e. The maximum atomic E-state index is 12.9. The maximum Gasteiger partial charge on any atom is 0.253 e. The summed E-state index contributed by atoms with van der Waals surface area (Å²) in [5, 5.41) is 15.7. The van der Waals surface area contributed by atoms with Crippen LogP contribution in [0.25, 0.3) is 11.1 Å². The summed E-state index contributed by atoms with van der Waals surface area (Å²) in [6.45, 7) is 0.0237. The van der Waals surface area contributed by atoms with Gasteiger partial charge in [0, 0.05) is 36.8 Å². The lowest BCUT2D eigenvalue weighted by molar-refractivity contribution is 0.0955. The molecule has 1 aliphatic rings. The number of azo groups is 1. The van der Waals surface area contributed by atoms with Gasteiger partial charge in [-0.15, -0.1) is 5.11 Å². The van der Waals surface area contributed by atoms with Crippen LogP contribution < -0.4 is 32.4 Å². The number of anilines is 1. The summed E-state index contributed by atoms with van der Waals surface area (Å²) >= 11 is 6.26. The molecule has 0 fully saturated rings. The Kier molecular flexibility index (Phi) is 8.40. The lowest BCUT2D eigenvalue weighted by atomic mass is 9.95. The molecule has 0 radical (unpaired) electrons. The average molecular weight is 558 g/mol. The molecule has 0 spiro atoms. The fourth-order valence-corrected chi connectivity index (χ4v) is 6.31. The number of nitrogen functional groups attached to an aromatic ring is 1. The summed E-state index contributed by atoms with van der Waals surface area (Å²) in [6.07, 6.45) is 0. The van der Waals surface area contributed by atoms with Gasteiger partial charge in [0.15, 0.2) is 12.5 Å². The predicted molar refractivity (Wildman–Crippen MR) is 135 cm³/mol. The van der Waals surface area contributed by atoms with Gasteiger partial charge < -0.3 is 22.5 Å². The molecule has 1 amide bonds. The van der Waals surface area contributed by atoms with Crippen molar-refractivity contribution in [2.24, 2.45) is 31.8 Å². The molecule has 0 aliphatic carbocycles. The quantitative estimate of drug-likeness (QED) is 0.204. The fourth-order valence-electron chi connectivity index (χ4n) is 3.44. The van der Waals surface area contributed by atoms with Crippen molar-refractivity contribution in [3.8, 4) is 11.1 Å². The number of sulfonamides is 2. The van der Waals surface area contributed by atoms with Crippen LogP contribution in [-0.4, -0.2) is 61.4 Å². The number of benzene rings is 2. The molecule has 0 bridgehead atoms. The van der Waals surface area contributed by atoms with Gasteiger partial charge in [0.2, 0.25) is 20.0 Å². The summed E-state index contributed by atoms with van der Waals surface area (Å²) in [5.41, 5.74) is 17.0. The molecule has 10 N–H and O–H groups in total. The second-order valence-electron chi connectivity index (χ2n) is 7.37. The van der Waals surface area contributed by atoms with Crippen molar-refractivity contribution in [2.45, 2.75) is 9.79 Å². The standard InChI is InChI=1S/C19H24ClN9O5S2/c20-10-7-12(16(23)13(8-10)19(30)25-5-3-21)11-1-2-14(36(33,34)28-6-4-22)17(35(24,31)32)15(11)18-26-9-27-29-18/h1-2,7-8,28H,3-6,9,21-23H2,(H,25,30)(H2,24,31,32). The van der Waals surface area contributed by atoms with Crippen LogP contribution in [0, 0.1) is 0 Å². The number of hydrogen-bond donors (Lipinski definition) is 6. The topological polar surface area (TPSA) is 251 Å². The van der Waals surface area contributed by atoms with Crippen molar-refractivity contribution in [3.63, 3.8) is 0 Å². The van der Waals surface area contributed by atoms with E-state index in [9.17, 15) is 21.6 Å². The Morgan fingerprint density at radius 3 is 2.33 bits per heavy atom. The van der Waals surface area contributed by atoms with E-state index in [-0.39, 0.29) is 71.6 Å². The van der Waals surface area contributed by atoms with Crippen molar-refractivity contribution >= 4 is 49.1 Å². The molecule has 0 atom stereocenters. The first kappa shape index (κ1) is 27.6. The first-order chi connectivity index (χ1) is 16.9. The molecule has 194 valence electrons. The summed E-state index contributed by atoms with van der Waals surface area (Å²) in [5.74, 6) is -0.767. The molecular formula is C19H24ClN9O5S2. The zero-order chi connectivity index (χ0) is 26.7. The normalized spacial score (nSPS) is 13.6. The van der Waals surface area contributed by atoms with Gasteiger partial charge in [-0.1, -0.05) is 17.7 Å². The molecule has 14 nitrogen and oxygen atoms in total. The summed E-state index contributed by atoms with van der Waals surface area (Å²) < 4.78 is 53.7. The Balaban J connectivity index is 2.41. The third-order valence-electron chi connectivity index (χ3n) is 4.91. The van der Waals surface area contributed by atoms with E-state index >= 15 is 0 Å².